The number of hydrogen-bond donors (Lipinski definition) is 0. The lowest BCUT2D eigenvalue weighted by Crippen LogP contribution is -2.52. The van der Waals surface area contributed by atoms with E-state index in [1.807, 2.05) is 26.0 Å². The van der Waals surface area contributed by atoms with Crippen molar-refractivity contribution in [2.45, 2.75) is 13.8 Å². The van der Waals surface area contributed by atoms with Gasteiger partial charge in [0.2, 0.25) is 0 Å². The Morgan fingerprint density at radius 3 is 2.18 bits per heavy atom. The third-order valence-electron chi connectivity index (χ3n) is 4.82. The molecular weight excluding hydrogens is 401 g/mol. The number of carbonyl (C=O) groups excluding carboxylic acids is 1. The van der Waals surface area contributed by atoms with Crippen LogP contribution in [0.4, 0.5) is 16.3 Å². The van der Waals surface area contributed by atoms with Crippen LogP contribution < -0.4 is 14.5 Å². The number of methoxy groups -OCH3 is 1. The Kier molecular flexibility index (Phi) is 6.15. The van der Waals surface area contributed by atoms with Crippen molar-refractivity contribution < 1.29 is 9.53 Å². The first kappa shape index (κ1) is 20.5. The minimum atomic E-state index is -0.139. The van der Waals surface area contributed by atoms with Crippen LogP contribution in [0.15, 0.2) is 18.2 Å². The highest BCUT2D eigenvalue weighted by molar-refractivity contribution is 6.35. The molecule has 0 N–H and O–H groups in total. The molecule has 0 unspecified atom stereocenters. The fourth-order valence-electron chi connectivity index (χ4n) is 3.11. The second kappa shape index (κ2) is 8.41. The Labute approximate surface area is 174 Å². The lowest BCUT2D eigenvalue weighted by Gasteiger charge is -2.37. The van der Waals surface area contributed by atoms with Crippen LogP contribution in [0.1, 0.15) is 11.4 Å². The van der Waals surface area contributed by atoms with Gasteiger partial charge in [0.25, 0.3) is 5.88 Å². The Morgan fingerprint density at radius 2 is 1.61 bits per heavy atom. The average Bonchev–Trinajstić information content (AvgIpc) is 2.68. The van der Waals surface area contributed by atoms with E-state index in [9.17, 15) is 4.79 Å². The van der Waals surface area contributed by atoms with Gasteiger partial charge in [0.1, 0.15) is 0 Å². The Hall–Kier alpha value is -2.25. The summed E-state index contributed by atoms with van der Waals surface area (Å²) in [4.78, 5) is 27.3. The average molecular weight is 424 g/mol. The number of aromatic nitrogens is 2. The third-order valence-corrected chi connectivity index (χ3v) is 5.25. The van der Waals surface area contributed by atoms with Gasteiger partial charge in [0.15, 0.2) is 5.82 Å². The number of ether oxygens (including phenoxy) is 1. The first-order chi connectivity index (χ1) is 13.3. The van der Waals surface area contributed by atoms with Gasteiger partial charge in [-0.1, -0.05) is 23.2 Å². The van der Waals surface area contributed by atoms with Crippen LogP contribution in [0.3, 0.4) is 0 Å². The van der Waals surface area contributed by atoms with Crippen LogP contribution in [0.5, 0.6) is 5.88 Å². The van der Waals surface area contributed by atoms with Gasteiger partial charge in [-0.05, 0) is 32.0 Å². The number of benzene rings is 1. The maximum Gasteiger partial charge on any atom is 0.325 e. The molecule has 28 heavy (non-hydrogen) atoms. The van der Waals surface area contributed by atoms with Crippen molar-refractivity contribution in [3.05, 3.63) is 39.6 Å². The first-order valence-corrected chi connectivity index (χ1v) is 9.68. The van der Waals surface area contributed by atoms with E-state index in [1.54, 1.807) is 18.0 Å². The first-order valence-electron chi connectivity index (χ1n) is 8.93. The molecule has 2 aromatic rings. The van der Waals surface area contributed by atoms with E-state index in [-0.39, 0.29) is 6.03 Å². The molecule has 150 valence electrons. The molecule has 1 aromatic heterocycles. The summed E-state index contributed by atoms with van der Waals surface area (Å²) in [7, 11) is 3.21. The SMILES string of the molecule is COc1nc(C)c(C)nc1N(C)C(=O)N1CCN(c2cc(Cl)cc(Cl)c2)CC1. The molecule has 1 aliphatic heterocycles. The molecule has 9 heteroatoms. The predicted molar refractivity (Wildman–Crippen MR) is 112 cm³/mol. The molecule has 0 atom stereocenters. The molecule has 0 radical (unpaired) electrons. The van der Waals surface area contributed by atoms with E-state index < -0.39 is 0 Å². The second-order valence-corrected chi connectivity index (χ2v) is 7.54. The Bertz CT molecular complexity index is 865. The fourth-order valence-corrected chi connectivity index (χ4v) is 3.62. The lowest BCUT2D eigenvalue weighted by molar-refractivity contribution is 0.202. The van der Waals surface area contributed by atoms with Crippen LogP contribution in [0, 0.1) is 13.8 Å². The van der Waals surface area contributed by atoms with E-state index in [1.165, 1.54) is 12.0 Å². The number of amides is 2. The van der Waals surface area contributed by atoms with Gasteiger partial charge in [0.05, 0.1) is 18.5 Å². The molecule has 2 heterocycles. The standard InChI is InChI=1S/C19H23Cl2N5O2/c1-12-13(2)23-18(28-4)17(22-12)24(3)19(27)26-7-5-25(6-8-26)16-10-14(20)9-15(21)11-16/h9-11H,5-8H2,1-4H3. The van der Waals surface area contributed by atoms with E-state index in [2.05, 4.69) is 14.9 Å². The van der Waals surface area contributed by atoms with Gasteiger partial charge in [0, 0.05) is 49.0 Å². The lowest BCUT2D eigenvalue weighted by atomic mass is 10.2. The number of carbonyl (C=O) groups is 1. The molecule has 1 fully saturated rings. The van der Waals surface area contributed by atoms with Crippen molar-refractivity contribution >= 4 is 40.7 Å². The zero-order chi connectivity index (χ0) is 20.4. The summed E-state index contributed by atoms with van der Waals surface area (Å²) in [5, 5.41) is 1.20. The molecule has 1 aliphatic rings. The molecule has 1 saturated heterocycles. The number of rotatable bonds is 3. The highest BCUT2D eigenvalue weighted by Crippen LogP contribution is 2.28. The fraction of sp³-hybridized carbons (Fsp3) is 0.421. The van der Waals surface area contributed by atoms with Gasteiger partial charge < -0.3 is 14.5 Å². The van der Waals surface area contributed by atoms with E-state index in [4.69, 9.17) is 27.9 Å². The van der Waals surface area contributed by atoms with E-state index >= 15 is 0 Å². The third kappa shape index (κ3) is 4.25. The molecule has 3 rings (SSSR count). The minimum Gasteiger partial charge on any atom is -0.478 e. The van der Waals surface area contributed by atoms with Crippen LogP contribution >= 0.6 is 23.2 Å². The summed E-state index contributed by atoms with van der Waals surface area (Å²) in [6.45, 7) is 6.25. The summed E-state index contributed by atoms with van der Waals surface area (Å²) >= 11 is 12.2. The van der Waals surface area contributed by atoms with Crippen LogP contribution in [0.2, 0.25) is 10.0 Å². The number of piperazine rings is 1. The highest BCUT2D eigenvalue weighted by Gasteiger charge is 2.27. The molecule has 1 aromatic carbocycles. The summed E-state index contributed by atoms with van der Waals surface area (Å²) in [5.41, 5.74) is 2.49. The smallest absolute Gasteiger partial charge is 0.325 e. The summed E-state index contributed by atoms with van der Waals surface area (Å²) < 4.78 is 5.32. The maximum atomic E-state index is 13.0. The summed E-state index contributed by atoms with van der Waals surface area (Å²) in [5.74, 6) is 0.755. The number of nitrogens with zero attached hydrogens (tertiary/aromatic N) is 5. The van der Waals surface area contributed by atoms with Crippen molar-refractivity contribution in [3.8, 4) is 5.88 Å². The quantitative estimate of drug-likeness (QED) is 0.751. The van der Waals surface area contributed by atoms with Crippen LogP contribution in [-0.2, 0) is 0 Å². The van der Waals surface area contributed by atoms with Crippen LogP contribution in [0.25, 0.3) is 0 Å². The topological polar surface area (TPSA) is 61.8 Å². The van der Waals surface area contributed by atoms with Crippen molar-refractivity contribution in [3.63, 3.8) is 0 Å². The van der Waals surface area contributed by atoms with Crippen molar-refractivity contribution in [1.29, 1.82) is 0 Å². The van der Waals surface area contributed by atoms with Crippen molar-refractivity contribution in [2.75, 3.05) is 50.1 Å². The van der Waals surface area contributed by atoms with E-state index in [0.29, 0.717) is 47.9 Å². The monoisotopic (exact) mass is 423 g/mol. The maximum absolute atomic E-state index is 13.0. The second-order valence-electron chi connectivity index (χ2n) is 6.67. The predicted octanol–water partition coefficient (Wildman–Crippen LogP) is 3.79. The largest absolute Gasteiger partial charge is 0.478 e. The summed E-state index contributed by atoms with van der Waals surface area (Å²) in [6.07, 6.45) is 0. The molecule has 0 spiro atoms. The van der Waals surface area contributed by atoms with Crippen LogP contribution in [-0.4, -0.2) is 61.2 Å². The van der Waals surface area contributed by atoms with Gasteiger partial charge in [-0.15, -0.1) is 0 Å². The number of urea groups is 1. The summed E-state index contributed by atoms with van der Waals surface area (Å²) in [6, 6.07) is 5.33. The van der Waals surface area contributed by atoms with Gasteiger partial charge in [-0.3, -0.25) is 4.90 Å². The molecule has 0 bridgehead atoms. The minimum absolute atomic E-state index is 0.139. The number of anilines is 2. The zero-order valence-electron chi connectivity index (χ0n) is 16.4. The molecule has 0 aliphatic carbocycles. The normalized spacial score (nSPS) is 14.2. The molecule has 2 amide bonds. The van der Waals surface area contributed by atoms with Crippen molar-refractivity contribution in [2.24, 2.45) is 0 Å². The Balaban J connectivity index is 1.70. The van der Waals surface area contributed by atoms with Gasteiger partial charge in [-0.25, -0.2) is 14.8 Å². The number of aryl methyl sites for hydroxylation is 2. The van der Waals surface area contributed by atoms with Gasteiger partial charge in [-0.2, -0.15) is 0 Å². The molecular formula is C19H23Cl2N5O2. The highest BCUT2D eigenvalue weighted by atomic mass is 35.5. The number of halogens is 2. The Morgan fingerprint density at radius 1 is 1.04 bits per heavy atom. The molecule has 0 saturated carbocycles. The van der Waals surface area contributed by atoms with Gasteiger partial charge >= 0.3 is 6.03 Å². The molecule has 7 nitrogen and oxygen atoms in total. The van der Waals surface area contributed by atoms with Crippen molar-refractivity contribution in [1.82, 2.24) is 14.9 Å². The zero-order valence-corrected chi connectivity index (χ0v) is 17.9. The number of hydrogen-bond acceptors (Lipinski definition) is 5. The van der Waals surface area contributed by atoms with E-state index in [0.717, 1.165) is 17.1 Å².